The molecule has 0 aromatic carbocycles. The molecule has 1 N–H and O–H groups in total. The van der Waals surface area contributed by atoms with Crippen LogP contribution in [0.5, 0.6) is 0 Å². The third kappa shape index (κ3) is 2.67. The fourth-order valence-corrected chi connectivity index (χ4v) is 2.41. The van der Waals surface area contributed by atoms with E-state index in [0.717, 1.165) is 11.4 Å². The average Bonchev–Trinajstić information content (AvgIpc) is 2.41. The molecule has 106 valence electrons. The van der Waals surface area contributed by atoms with Crippen molar-refractivity contribution in [2.24, 2.45) is 0 Å². The molecule has 0 bridgehead atoms. The number of aromatic nitrogens is 3. The number of carbonyl (C=O) groups excluding carboxylic acids is 1. The largest absolute Gasteiger partial charge is 0.462 e. The summed E-state index contributed by atoms with van der Waals surface area (Å²) in [4.78, 5) is 35.4. The van der Waals surface area contributed by atoms with E-state index in [-0.39, 0.29) is 17.7 Å². The van der Waals surface area contributed by atoms with Crippen LogP contribution < -0.4 is 5.43 Å². The Morgan fingerprint density at radius 2 is 2.15 bits per heavy atom. The fraction of sp³-hybridized carbons (Fsp3) is 0.385. The lowest BCUT2D eigenvalue weighted by Gasteiger charge is -2.06. The van der Waals surface area contributed by atoms with Crippen molar-refractivity contribution in [1.29, 1.82) is 0 Å². The minimum atomic E-state index is -0.650. The Morgan fingerprint density at radius 3 is 2.80 bits per heavy atom. The van der Waals surface area contributed by atoms with Gasteiger partial charge in [0.25, 0.3) is 0 Å². The first-order valence-electron chi connectivity index (χ1n) is 6.28. The monoisotopic (exact) mass is 293 g/mol. The molecule has 20 heavy (non-hydrogen) atoms. The molecule has 2 aromatic heterocycles. The third-order valence-corrected chi connectivity index (χ3v) is 3.56. The molecule has 0 aliphatic rings. The molecule has 0 aliphatic carbocycles. The minimum absolute atomic E-state index is 0.0510. The number of fused-ring (bicyclic) bond motifs is 1. The average molecular weight is 293 g/mol. The first-order valence-corrected chi connectivity index (χ1v) is 7.27. The van der Waals surface area contributed by atoms with Gasteiger partial charge in [-0.05, 0) is 19.6 Å². The van der Waals surface area contributed by atoms with Crippen molar-refractivity contribution in [3.05, 3.63) is 27.7 Å². The van der Waals surface area contributed by atoms with Gasteiger partial charge in [-0.25, -0.2) is 14.8 Å². The van der Waals surface area contributed by atoms with E-state index in [1.807, 2.05) is 13.8 Å². The quantitative estimate of drug-likeness (QED) is 0.684. The predicted octanol–water partition coefficient (Wildman–Crippen LogP) is 1.92. The summed E-state index contributed by atoms with van der Waals surface area (Å²) in [5, 5.41) is 0.700. The molecule has 2 heterocycles. The second-order valence-electron chi connectivity index (χ2n) is 4.00. The summed E-state index contributed by atoms with van der Waals surface area (Å²) in [6, 6.07) is 0. The number of rotatable bonds is 4. The second-order valence-corrected chi connectivity index (χ2v) is 5.25. The summed E-state index contributed by atoms with van der Waals surface area (Å²) < 4.78 is 4.85. The Labute approximate surface area is 120 Å². The van der Waals surface area contributed by atoms with Gasteiger partial charge in [0.15, 0.2) is 11.2 Å². The summed E-state index contributed by atoms with van der Waals surface area (Å²) in [5.41, 5.74) is 0.787. The summed E-state index contributed by atoms with van der Waals surface area (Å²) in [5.74, 6) is 0.180. The summed E-state index contributed by atoms with van der Waals surface area (Å²) in [6.07, 6.45) is 1.32. The Kier molecular flexibility index (Phi) is 4.39. The second kappa shape index (κ2) is 6.04. The molecule has 7 heteroatoms. The van der Waals surface area contributed by atoms with Gasteiger partial charge >= 0.3 is 5.97 Å². The van der Waals surface area contributed by atoms with Crippen molar-refractivity contribution in [2.75, 3.05) is 12.4 Å². The van der Waals surface area contributed by atoms with E-state index in [1.165, 1.54) is 18.0 Å². The van der Waals surface area contributed by atoms with Crippen molar-refractivity contribution in [3.63, 3.8) is 0 Å². The van der Waals surface area contributed by atoms with Crippen LogP contribution in [-0.2, 0) is 4.74 Å². The maximum absolute atomic E-state index is 12.3. The van der Waals surface area contributed by atoms with Gasteiger partial charge in [0.05, 0.1) is 12.3 Å². The van der Waals surface area contributed by atoms with Crippen molar-refractivity contribution < 1.29 is 9.53 Å². The van der Waals surface area contributed by atoms with E-state index < -0.39 is 11.4 Å². The lowest BCUT2D eigenvalue weighted by Crippen LogP contribution is -2.19. The van der Waals surface area contributed by atoms with Gasteiger partial charge in [0.2, 0.25) is 5.43 Å². The molecule has 0 unspecified atom stereocenters. The molecular formula is C13H15N3O3S. The Hall–Kier alpha value is -1.89. The molecule has 0 radical (unpaired) electrons. The summed E-state index contributed by atoms with van der Waals surface area (Å²) in [6.45, 7) is 5.73. The van der Waals surface area contributed by atoms with Gasteiger partial charge in [0, 0.05) is 6.20 Å². The molecule has 0 atom stereocenters. The molecule has 2 aromatic rings. The van der Waals surface area contributed by atoms with Crippen LogP contribution in [0.1, 0.15) is 29.9 Å². The third-order valence-electron chi connectivity index (χ3n) is 2.62. The van der Waals surface area contributed by atoms with Gasteiger partial charge in [-0.2, -0.15) is 0 Å². The Balaban J connectivity index is 2.62. The van der Waals surface area contributed by atoms with Crippen molar-refractivity contribution in [3.8, 4) is 0 Å². The smallest absolute Gasteiger partial charge is 0.343 e. The minimum Gasteiger partial charge on any atom is -0.462 e. The lowest BCUT2D eigenvalue weighted by molar-refractivity contribution is 0.0524. The lowest BCUT2D eigenvalue weighted by atomic mass is 10.2. The molecule has 0 spiro atoms. The van der Waals surface area contributed by atoms with Crippen LogP contribution in [0.15, 0.2) is 16.0 Å². The van der Waals surface area contributed by atoms with Crippen LogP contribution in [0.4, 0.5) is 0 Å². The van der Waals surface area contributed by atoms with Crippen LogP contribution in [-0.4, -0.2) is 33.3 Å². The predicted molar refractivity (Wildman–Crippen MR) is 77.3 cm³/mol. The number of nitrogens with zero attached hydrogens (tertiary/aromatic N) is 2. The molecule has 0 fully saturated rings. The number of hydrogen-bond donors (Lipinski definition) is 1. The van der Waals surface area contributed by atoms with Gasteiger partial charge < -0.3 is 9.72 Å². The molecular weight excluding hydrogens is 278 g/mol. The number of thioether (sulfide) groups is 1. The number of ether oxygens (including phenoxy) is 1. The summed E-state index contributed by atoms with van der Waals surface area (Å²) in [7, 11) is 0. The fourth-order valence-electron chi connectivity index (χ4n) is 1.73. The van der Waals surface area contributed by atoms with Gasteiger partial charge in [-0.3, -0.25) is 4.79 Å². The van der Waals surface area contributed by atoms with Crippen LogP contribution >= 0.6 is 11.8 Å². The van der Waals surface area contributed by atoms with Gasteiger partial charge in [-0.15, -0.1) is 11.8 Å². The van der Waals surface area contributed by atoms with E-state index in [0.29, 0.717) is 10.7 Å². The number of esters is 1. The number of aryl methyl sites for hydroxylation is 1. The molecule has 2 rings (SSSR count). The molecule has 0 amide bonds. The number of nitrogens with one attached hydrogen (secondary N) is 1. The van der Waals surface area contributed by atoms with E-state index in [9.17, 15) is 9.59 Å². The highest BCUT2D eigenvalue weighted by atomic mass is 32.2. The zero-order valence-corrected chi connectivity index (χ0v) is 12.3. The molecule has 0 saturated carbocycles. The van der Waals surface area contributed by atoms with Crippen LogP contribution in [0.2, 0.25) is 0 Å². The first kappa shape index (κ1) is 14.5. The maximum atomic E-state index is 12.3. The zero-order valence-electron chi connectivity index (χ0n) is 11.5. The maximum Gasteiger partial charge on any atom is 0.343 e. The van der Waals surface area contributed by atoms with Crippen molar-refractivity contribution >= 4 is 28.9 Å². The molecule has 0 aliphatic heterocycles. The normalized spacial score (nSPS) is 10.8. The van der Waals surface area contributed by atoms with Crippen molar-refractivity contribution in [1.82, 2.24) is 15.0 Å². The number of pyridine rings is 1. The highest BCUT2D eigenvalue weighted by molar-refractivity contribution is 7.99. The number of aromatic amines is 1. The van der Waals surface area contributed by atoms with Gasteiger partial charge in [0.1, 0.15) is 10.6 Å². The standard InChI is InChI=1S/C13H15N3O3S/c1-4-19-13(18)8-6-14-11-9(10(8)17)16-12(20-5-2)7(3)15-11/h6H,4-5H2,1-3H3,(H,14,15,17). The van der Waals surface area contributed by atoms with Crippen LogP contribution in [0, 0.1) is 6.92 Å². The summed E-state index contributed by atoms with van der Waals surface area (Å²) >= 11 is 1.51. The number of hydrogen-bond acceptors (Lipinski definition) is 6. The Morgan fingerprint density at radius 1 is 1.40 bits per heavy atom. The van der Waals surface area contributed by atoms with Gasteiger partial charge in [-0.1, -0.05) is 6.92 Å². The van der Waals surface area contributed by atoms with Crippen molar-refractivity contribution in [2.45, 2.75) is 25.8 Å². The van der Waals surface area contributed by atoms with Crippen LogP contribution in [0.3, 0.4) is 0 Å². The SMILES string of the molecule is CCOC(=O)c1c[nH]c2nc(C)c(SCC)nc2c1=O. The van der Waals surface area contributed by atoms with E-state index in [4.69, 9.17) is 4.74 Å². The molecule has 6 nitrogen and oxygen atoms in total. The van der Waals surface area contributed by atoms with Crippen LogP contribution in [0.25, 0.3) is 11.2 Å². The number of carbonyl (C=O) groups is 1. The highest BCUT2D eigenvalue weighted by Gasteiger charge is 2.16. The van der Waals surface area contributed by atoms with E-state index in [2.05, 4.69) is 15.0 Å². The Bertz CT molecular complexity index is 712. The zero-order chi connectivity index (χ0) is 14.7. The number of H-pyrrole nitrogens is 1. The van der Waals surface area contributed by atoms with E-state index >= 15 is 0 Å². The molecule has 0 saturated heterocycles. The topological polar surface area (TPSA) is 84.9 Å². The highest BCUT2D eigenvalue weighted by Crippen LogP contribution is 2.19. The first-order chi connectivity index (χ1) is 9.58. The van der Waals surface area contributed by atoms with E-state index in [1.54, 1.807) is 6.92 Å².